The number of rotatable bonds is 2. The van der Waals surface area contributed by atoms with Crippen LogP contribution in [0.1, 0.15) is 21.5 Å². The average molecular weight is 265 g/mol. The third kappa shape index (κ3) is 2.11. The number of anilines is 1. The molecule has 0 bridgehead atoms. The molecule has 1 aliphatic rings. The Labute approximate surface area is 117 Å². The van der Waals surface area contributed by atoms with Gasteiger partial charge in [-0.3, -0.25) is 9.59 Å². The highest BCUT2D eigenvalue weighted by molar-refractivity contribution is 6.47. The Balaban J connectivity index is 1.87. The number of Topliss-reactive ketones (excluding diaryl/α,β-unsaturated/α-hetero) is 1. The van der Waals surface area contributed by atoms with E-state index in [2.05, 4.69) is 0 Å². The lowest BCUT2D eigenvalue weighted by Gasteiger charge is -2.16. The molecular formula is C17H15NO2. The third-order valence-corrected chi connectivity index (χ3v) is 3.64. The summed E-state index contributed by atoms with van der Waals surface area (Å²) in [6.07, 6.45) is 0.809. The van der Waals surface area contributed by atoms with Gasteiger partial charge in [0.15, 0.2) is 0 Å². The van der Waals surface area contributed by atoms with Crippen LogP contribution >= 0.6 is 0 Å². The first-order valence-electron chi connectivity index (χ1n) is 6.67. The summed E-state index contributed by atoms with van der Waals surface area (Å²) in [4.78, 5) is 26.2. The Morgan fingerprint density at radius 2 is 1.70 bits per heavy atom. The molecule has 0 aromatic heterocycles. The molecule has 0 saturated carbocycles. The lowest BCUT2D eigenvalue weighted by molar-refractivity contribution is -0.114. The molecule has 2 aromatic rings. The number of nitrogens with zero attached hydrogens (tertiary/aromatic N) is 1. The fourth-order valence-corrected chi connectivity index (χ4v) is 2.50. The highest BCUT2D eigenvalue weighted by atomic mass is 16.2. The van der Waals surface area contributed by atoms with Crippen LogP contribution in [0.2, 0.25) is 0 Å². The van der Waals surface area contributed by atoms with E-state index < -0.39 is 11.7 Å². The van der Waals surface area contributed by atoms with Gasteiger partial charge in [0, 0.05) is 17.8 Å². The number of carbonyl (C=O) groups is 2. The second-order valence-corrected chi connectivity index (χ2v) is 5.03. The molecule has 1 heterocycles. The number of hydrogen-bond acceptors (Lipinski definition) is 2. The van der Waals surface area contributed by atoms with E-state index >= 15 is 0 Å². The van der Waals surface area contributed by atoms with Gasteiger partial charge in [0.1, 0.15) is 0 Å². The number of carbonyl (C=O) groups excluding carboxylic acids is 2. The van der Waals surface area contributed by atoms with E-state index in [0.29, 0.717) is 12.1 Å². The van der Waals surface area contributed by atoms with Crippen molar-refractivity contribution >= 4 is 17.4 Å². The second kappa shape index (κ2) is 4.93. The summed E-state index contributed by atoms with van der Waals surface area (Å²) in [6.45, 7) is 2.53. The lowest BCUT2D eigenvalue weighted by Crippen LogP contribution is -2.35. The number of aryl methyl sites for hydroxylation is 1. The van der Waals surface area contributed by atoms with Gasteiger partial charge >= 0.3 is 0 Å². The van der Waals surface area contributed by atoms with Crippen molar-refractivity contribution < 1.29 is 9.59 Å². The van der Waals surface area contributed by atoms with E-state index in [1.807, 2.05) is 43.3 Å². The summed E-state index contributed by atoms with van der Waals surface area (Å²) >= 11 is 0. The zero-order valence-electron chi connectivity index (χ0n) is 11.3. The SMILES string of the molecule is Cc1ccc(C(=O)C(=O)N2CCc3ccccc32)cc1. The minimum atomic E-state index is -0.446. The molecular weight excluding hydrogens is 250 g/mol. The number of amides is 1. The molecule has 3 rings (SSSR count). The number of benzene rings is 2. The van der Waals surface area contributed by atoms with Gasteiger partial charge in [-0.2, -0.15) is 0 Å². The maximum absolute atomic E-state index is 12.4. The van der Waals surface area contributed by atoms with Crippen molar-refractivity contribution in [3.63, 3.8) is 0 Å². The molecule has 0 N–H and O–H groups in total. The van der Waals surface area contributed by atoms with Crippen molar-refractivity contribution in [3.8, 4) is 0 Å². The Morgan fingerprint density at radius 1 is 1.00 bits per heavy atom. The van der Waals surface area contributed by atoms with E-state index in [4.69, 9.17) is 0 Å². The van der Waals surface area contributed by atoms with Crippen molar-refractivity contribution in [2.24, 2.45) is 0 Å². The van der Waals surface area contributed by atoms with E-state index in [-0.39, 0.29) is 0 Å². The molecule has 3 nitrogen and oxygen atoms in total. The average Bonchev–Trinajstić information content (AvgIpc) is 2.90. The van der Waals surface area contributed by atoms with Crippen molar-refractivity contribution in [3.05, 3.63) is 65.2 Å². The summed E-state index contributed by atoms with van der Waals surface area (Å²) < 4.78 is 0. The van der Waals surface area contributed by atoms with Gasteiger partial charge in [-0.15, -0.1) is 0 Å². The third-order valence-electron chi connectivity index (χ3n) is 3.64. The van der Waals surface area contributed by atoms with Gasteiger partial charge in [-0.1, -0.05) is 48.0 Å². The van der Waals surface area contributed by atoms with Crippen LogP contribution in [0, 0.1) is 6.92 Å². The van der Waals surface area contributed by atoms with Crippen LogP contribution in [0.15, 0.2) is 48.5 Å². The van der Waals surface area contributed by atoms with Gasteiger partial charge < -0.3 is 4.90 Å². The van der Waals surface area contributed by atoms with E-state index in [9.17, 15) is 9.59 Å². The van der Waals surface area contributed by atoms with Crippen molar-refractivity contribution in [1.82, 2.24) is 0 Å². The smallest absolute Gasteiger partial charge is 0.299 e. The minimum absolute atomic E-state index is 0.443. The Hall–Kier alpha value is -2.42. The monoisotopic (exact) mass is 265 g/mol. The summed E-state index contributed by atoms with van der Waals surface area (Å²) in [5.41, 5.74) is 3.50. The summed E-state index contributed by atoms with van der Waals surface area (Å²) in [5, 5.41) is 0. The summed E-state index contributed by atoms with van der Waals surface area (Å²) in [5.74, 6) is -0.888. The van der Waals surface area contributed by atoms with Crippen LogP contribution in [0.3, 0.4) is 0 Å². The van der Waals surface area contributed by atoms with Crippen molar-refractivity contribution in [2.75, 3.05) is 11.4 Å². The number of para-hydroxylation sites is 1. The molecule has 20 heavy (non-hydrogen) atoms. The predicted molar refractivity (Wildman–Crippen MR) is 78.0 cm³/mol. The first-order valence-corrected chi connectivity index (χ1v) is 6.67. The van der Waals surface area contributed by atoms with Gasteiger partial charge in [0.05, 0.1) is 0 Å². The largest absolute Gasteiger partial charge is 0.305 e. The highest BCUT2D eigenvalue weighted by Gasteiger charge is 2.29. The molecule has 0 unspecified atom stereocenters. The van der Waals surface area contributed by atoms with Crippen LogP contribution in [-0.4, -0.2) is 18.2 Å². The maximum atomic E-state index is 12.4. The zero-order valence-corrected chi connectivity index (χ0v) is 11.3. The molecule has 0 spiro atoms. The molecule has 0 saturated heterocycles. The molecule has 3 heteroatoms. The van der Waals surface area contributed by atoms with E-state index in [0.717, 1.165) is 23.2 Å². The van der Waals surface area contributed by atoms with Crippen LogP contribution in [0.4, 0.5) is 5.69 Å². The normalized spacial score (nSPS) is 13.2. The van der Waals surface area contributed by atoms with Gasteiger partial charge in [-0.25, -0.2) is 0 Å². The molecule has 1 amide bonds. The Bertz CT molecular complexity index is 674. The number of fused-ring (bicyclic) bond motifs is 1. The fourth-order valence-electron chi connectivity index (χ4n) is 2.50. The first kappa shape index (κ1) is 12.6. The van der Waals surface area contributed by atoms with Gasteiger partial charge in [0.2, 0.25) is 0 Å². The van der Waals surface area contributed by atoms with Crippen LogP contribution in [-0.2, 0) is 11.2 Å². The van der Waals surface area contributed by atoms with Crippen LogP contribution in [0.25, 0.3) is 0 Å². The zero-order chi connectivity index (χ0) is 14.1. The van der Waals surface area contributed by atoms with E-state index in [1.54, 1.807) is 17.0 Å². The minimum Gasteiger partial charge on any atom is -0.305 e. The lowest BCUT2D eigenvalue weighted by atomic mass is 10.1. The van der Waals surface area contributed by atoms with Gasteiger partial charge in [-0.05, 0) is 25.0 Å². The summed E-state index contributed by atoms with van der Waals surface area (Å²) in [6, 6.07) is 14.8. The number of ketones is 1. The second-order valence-electron chi connectivity index (χ2n) is 5.03. The molecule has 0 aliphatic carbocycles. The van der Waals surface area contributed by atoms with E-state index in [1.165, 1.54) is 0 Å². The van der Waals surface area contributed by atoms with Crippen LogP contribution in [0.5, 0.6) is 0 Å². The molecule has 0 atom stereocenters. The fraction of sp³-hybridized carbons (Fsp3) is 0.176. The van der Waals surface area contributed by atoms with Crippen molar-refractivity contribution in [1.29, 1.82) is 0 Å². The Kier molecular flexibility index (Phi) is 3.11. The molecule has 0 fully saturated rings. The number of hydrogen-bond donors (Lipinski definition) is 0. The van der Waals surface area contributed by atoms with Crippen molar-refractivity contribution in [2.45, 2.75) is 13.3 Å². The molecule has 1 aliphatic heterocycles. The van der Waals surface area contributed by atoms with Gasteiger partial charge in [0.25, 0.3) is 11.7 Å². The maximum Gasteiger partial charge on any atom is 0.299 e. The topological polar surface area (TPSA) is 37.4 Å². The molecule has 2 aromatic carbocycles. The van der Waals surface area contributed by atoms with Crippen LogP contribution < -0.4 is 4.90 Å². The first-order chi connectivity index (χ1) is 9.66. The summed E-state index contributed by atoms with van der Waals surface area (Å²) in [7, 11) is 0. The highest BCUT2D eigenvalue weighted by Crippen LogP contribution is 2.27. The Morgan fingerprint density at radius 3 is 2.45 bits per heavy atom. The standard InChI is InChI=1S/C17H15NO2/c1-12-6-8-14(9-7-12)16(19)17(20)18-11-10-13-4-2-3-5-15(13)18/h2-9H,10-11H2,1H3. The quantitative estimate of drug-likeness (QED) is 0.618. The predicted octanol–water partition coefficient (Wildman–Crippen LogP) is 2.77. The molecule has 0 radical (unpaired) electrons. The molecule has 100 valence electrons.